The molecule has 4 N–H and O–H groups in total. The normalized spacial score (nSPS) is 13.0. The summed E-state index contributed by atoms with van der Waals surface area (Å²) in [6.45, 7) is 14.7. The fourth-order valence-electron chi connectivity index (χ4n) is 4.58. The van der Waals surface area contributed by atoms with E-state index in [-0.39, 0.29) is 0 Å². The van der Waals surface area contributed by atoms with Crippen molar-refractivity contribution in [1.82, 2.24) is 15.6 Å². The highest BCUT2D eigenvalue weighted by Gasteiger charge is 2.19. The lowest BCUT2D eigenvalue weighted by Crippen LogP contribution is -2.35. The van der Waals surface area contributed by atoms with E-state index in [0.29, 0.717) is 65.0 Å². The SMILES string of the molecule is C=CC(=N/C(OC)=C(\C)CNCC(C)(C)O)c1cccc(-c2cccc(-c3ccc(CNCC(C)(C)O)c(OC)n3)c2Cl)c1Cl. The molecule has 0 amide bonds. The first kappa shape index (κ1) is 36.2. The number of nitrogens with one attached hydrogen (secondary N) is 2. The first-order valence-electron chi connectivity index (χ1n) is 14.6. The highest BCUT2D eigenvalue weighted by molar-refractivity contribution is 6.40. The molecule has 1 aromatic heterocycles. The zero-order valence-corrected chi connectivity index (χ0v) is 28.6. The molecule has 0 saturated heterocycles. The van der Waals surface area contributed by atoms with Gasteiger partial charge in [0.2, 0.25) is 11.8 Å². The highest BCUT2D eigenvalue weighted by Crippen LogP contribution is 2.40. The molecule has 0 unspecified atom stereocenters. The number of nitrogens with zero attached hydrogens (tertiary/aromatic N) is 2. The number of ether oxygens (including phenoxy) is 2. The van der Waals surface area contributed by atoms with Gasteiger partial charge in [-0.05, 0) is 46.8 Å². The Morgan fingerprint density at radius 1 is 0.911 bits per heavy atom. The second-order valence-corrected chi connectivity index (χ2v) is 12.8. The van der Waals surface area contributed by atoms with Crippen molar-refractivity contribution in [2.45, 2.75) is 52.4 Å². The molecule has 0 saturated carbocycles. The maximum absolute atomic E-state index is 10.0. The summed E-state index contributed by atoms with van der Waals surface area (Å²) in [5.74, 6) is 0.894. The number of aliphatic hydroxyl groups is 2. The number of aliphatic imine (C=N–C) groups is 1. The molecule has 0 radical (unpaired) electrons. The van der Waals surface area contributed by atoms with Gasteiger partial charge < -0.3 is 30.3 Å². The molecule has 10 heteroatoms. The topological polar surface area (TPSA) is 108 Å². The molecule has 0 aliphatic rings. The van der Waals surface area contributed by atoms with Crippen LogP contribution >= 0.6 is 23.2 Å². The second-order valence-electron chi connectivity index (χ2n) is 12.0. The van der Waals surface area contributed by atoms with Crippen molar-refractivity contribution in [3.05, 3.63) is 93.8 Å². The third-order valence-corrected chi connectivity index (χ3v) is 7.58. The van der Waals surface area contributed by atoms with Crippen molar-refractivity contribution < 1.29 is 19.7 Å². The van der Waals surface area contributed by atoms with Crippen LogP contribution in [0, 0.1) is 0 Å². The largest absolute Gasteiger partial charge is 0.481 e. The average Bonchev–Trinajstić information content (AvgIpc) is 2.97. The van der Waals surface area contributed by atoms with E-state index < -0.39 is 11.2 Å². The summed E-state index contributed by atoms with van der Waals surface area (Å²) in [4.78, 5) is 9.47. The van der Waals surface area contributed by atoms with Crippen molar-refractivity contribution in [2.24, 2.45) is 4.99 Å². The van der Waals surface area contributed by atoms with Gasteiger partial charge in [-0.2, -0.15) is 0 Å². The zero-order valence-electron chi connectivity index (χ0n) is 27.1. The number of pyridine rings is 1. The van der Waals surface area contributed by atoms with Crippen molar-refractivity contribution in [3.8, 4) is 28.3 Å². The number of allylic oxidation sites excluding steroid dienone is 1. The Morgan fingerprint density at radius 2 is 1.51 bits per heavy atom. The number of rotatable bonds is 15. The third kappa shape index (κ3) is 10.1. The van der Waals surface area contributed by atoms with Crippen LogP contribution in [-0.2, 0) is 11.3 Å². The van der Waals surface area contributed by atoms with Crippen LogP contribution in [0.15, 0.2) is 77.6 Å². The predicted molar refractivity (Wildman–Crippen MR) is 185 cm³/mol. The zero-order chi connectivity index (χ0) is 33.4. The minimum Gasteiger partial charge on any atom is -0.481 e. The van der Waals surface area contributed by atoms with E-state index in [9.17, 15) is 10.2 Å². The maximum atomic E-state index is 10.0. The molecular weight excluding hydrogens is 611 g/mol. The Bertz CT molecular complexity index is 1560. The van der Waals surface area contributed by atoms with Gasteiger partial charge in [0.25, 0.3) is 0 Å². The second kappa shape index (κ2) is 15.9. The molecule has 45 heavy (non-hydrogen) atoms. The lowest BCUT2D eigenvalue weighted by atomic mass is 9.97. The molecule has 3 rings (SSSR count). The lowest BCUT2D eigenvalue weighted by molar-refractivity contribution is 0.0792. The Morgan fingerprint density at radius 3 is 2.11 bits per heavy atom. The molecule has 2 aromatic carbocycles. The van der Waals surface area contributed by atoms with Crippen molar-refractivity contribution >= 4 is 28.9 Å². The Labute approximate surface area is 276 Å². The van der Waals surface area contributed by atoms with Gasteiger partial charge in [0.15, 0.2) is 0 Å². The Balaban J connectivity index is 1.98. The summed E-state index contributed by atoms with van der Waals surface area (Å²) in [5, 5.41) is 27.4. The Hall–Kier alpha value is -3.24. The number of hydrogen-bond acceptors (Lipinski definition) is 8. The van der Waals surface area contributed by atoms with E-state index in [1.165, 1.54) is 0 Å². The molecule has 3 aromatic rings. The number of hydrogen-bond donors (Lipinski definition) is 4. The minimum absolute atomic E-state index is 0.416. The van der Waals surface area contributed by atoms with E-state index in [1.807, 2.05) is 55.5 Å². The van der Waals surface area contributed by atoms with Crippen LogP contribution in [0.1, 0.15) is 45.7 Å². The molecule has 0 aliphatic carbocycles. The van der Waals surface area contributed by atoms with Crippen LogP contribution in [0.2, 0.25) is 10.0 Å². The summed E-state index contributed by atoms with van der Waals surface area (Å²) in [6.07, 6.45) is 1.63. The van der Waals surface area contributed by atoms with Crippen LogP contribution in [0.25, 0.3) is 22.4 Å². The quantitative estimate of drug-likeness (QED) is 0.105. The fraction of sp³-hybridized carbons (Fsp3) is 0.371. The van der Waals surface area contributed by atoms with Crippen molar-refractivity contribution in [2.75, 3.05) is 33.9 Å². The van der Waals surface area contributed by atoms with E-state index in [0.717, 1.165) is 27.8 Å². The van der Waals surface area contributed by atoms with E-state index in [1.54, 1.807) is 48.0 Å². The summed E-state index contributed by atoms with van der Waals surface area (Å²) in [6, 6.07) is 15.2. The van der Waals surface area contributed by atoms with Gasteiger partial charge >= 0.3 is 0 Å². The molecular formula is C35H44Cl2N4O4. The maximum Gasteiger partial charge on any atom is 0.218 e. The van der Waals surface area contributed by atoms with Crippen LogP contribution in [-0.4, -0.2) is 66.0 Å². The smallest absolute Gasteiger partial charge is 0.218 e. The van der Waals surface area contributed by atoms with Gasteiger partial charge in [-0.15, -0.1) is 0 Å². The van der Waals surface area contributed by atoms with Crippen LogP contribution in [0.4, 0.5) is 0 Å². The summed E-state index contributed by atoms with van der Waals surface area (Å²) in [5.41, 5.74) is 4.07. The molecule has 8 nitrogen and oxygen atoms in total. The van der Waals surface area contributed by atoms with Gasteiger partial charge in [0.05, 0.1) is 46.9 Å². The van der Waals surface area contributed by atoms with Crippen LogP contribution in [0.5, 0.6) is 5.88 Å². The third-order valence-electron chi connectivity index (χ3n) is 6.77. The van der Waals surface area contributed by atoms with E-state index in [4.69, 9.17) is 42.7 Å². The molecule has 1 heterocycles. The van der Waals surface area contributed by atoms with E-state index >= 15 is 0 Å². The standard InChI is InChI=1S/C35H44Cl2N4O4/c1-9-28(40-32(44-7)22(2)18-38-20-34(3,4)42)26-14-10-12-24(30(26)36)25-13-11-15-27(31(25)37)29-17-16-23(33(41-29)45-8)19-39-21-35(5,6)43/h9-17,38-39,42-43H,1,18-21H2,2-8H3/b32-22-,40-28?. The molecule has 0 bridgehead atoms. The van der Waals surface area contributed by atoms with Crippen molar-refractivity contribution in [3.63, 3.8) is 0 Å². The van der Waals surface area contributed by atoms with Crippen molar-refractivity contribution in [1.29, 1.82) is 0 Å². The number of aromatic nitrogens is 1. The van der Waals surface area contributed by atoms with Gasteiger partial charge in [-0.3, -0.25) is 0 Å². The summed E-state index contributed by atoms with van der Waals surface area (Å²) in [7, 11) is 3.13. The van der Waals surface area contributed by atoms with Gasteiger partial charge in [0, 0.05) is 59.6 Å². The number of halogens is 2. The summed E-state index contributed by atoms with van der Waals surface area (Å²) >= 11 is 14.1. The first-order valence-corrected chi connectivity index (χ1v) is 15.4. The van der Waals surface area contributed by atoms with Crippen LogP contribution < -0.4 is 15.4 Å². The molecule has 0 spiro atoms. The minimum atomic E-state index is -0.836. The number of benzene rings is 2. The van der Waals surface area contributed by atoms with Gasteiger partial charge in [0.1, 0.15) is 0 Å². The molecule has 0 aliphatic heterocycles. The molecule has 0 fully saturated rings. The predicted octanol–water partition coefficient (Wildman–Crippen LogP) is 6.81. The van der Waals surface area contributed by atoms with Gasteiger partial charge in [-0.25, -0.2) is 9.98 Å². The molecule has 242 valence electrons. The fourth-order valence-corrected chi connectivity index (χ4v) is 5.23. The van der Waals surface area contributed by atoms with Crippen LogP contribution in [0.3, 0.4) is 0 Å². The van der Waals surface area contributed by atoms with Gasteiger partial charge in [-0.1, -0.05) is 72.2 Å². The summed E-state index contributed by atoms with van der Waals surface area (Å²) < 4.78 is 11.2. The monoisotopic (exact) mass is 654 g/mol. The highest BCUT2D eigenvalue weighted by atomic mass is 35.5. The first-order chi connectivity index (χ1) is 21.2. The van der Waals surface area contributed by atoms with E-state index in [2.05, 4.69) is 17.2 Å². The lowest BCUT2D eigenvalue weighted by Gasteiger charge is -2.18. The average molecular weight is 656 g/mol. The number of methoxy groups -OCH3 is 2. The molecule has 0 atom stereocenters. The Kier molecular flexibility index (Phi) is 12.8.